The van der Waals surface area contributed by atoms with Gasteiger partial charge < -0.3 is 29.4 Å². The standard InChI is InChI=1S/C25H37NO9/c1-14(2)12-32-25(30)33-17(7)13-31-24(29)19(26)10-18-8-9-20(34-22(27)15(3)4)21(11-18)35-23(28)16(5)6/h8-9,11,14-17,19H,10,12-13,26H2,1-7H3/t17-,19-/m0/s1. The number of benzene rings is 1. The highest BCUT2D eigenvalue weighted by atomic mass is 16.7. The highest BCUT2D eigenvalue weighted by Crippen LogP contribution is 2.30. The molecule has 0 saturated carbocycles. The topological polar surface area (TPSA) is 140 Å². The molecule has 0 saturated heterocycles. The Morgan fingerprint density at radius 3 is 1.89 bits per heavy atom. The minimum Gasteiger partial charge on any atom is -0.461 e. The maximum Gasteiger partial charge on any atom is 0.508 e. The van der Waals surface area contributed by atoms with Gasteiger partial charge >= 0.3 is 24.1 Å². The molecule has 0 aliphatic heterocycles. The number of ether oxygens (including phenoxy) is 5. The van der Waals surface area contributed by atoms with Crippen LogP contribution in [0.4, 0.5) is 4.79 Å². The van der Waals surface area contributed by atoms with E-state index < -0.39 is 42.1 Å². The van der Waals surface area contributed by atoms with Gasteiger partial charge in [-0.2, -0.15) is 0 Å². The summed E-state index contributed by atoms with van der Waals surface area (Å²) >= 11 is 0. The molecular formula is C25H37NO9. The van der Waals surface area contributed by atoms with E-state index >= 15 is 0 Å². The van der Waals surface area contributed by atoms with Gasteiger partial charge in [-0.05, 0) is 37.0 Å². The second kappa shape index (κ2) is 14.3. The molecule has 1 rings (SSSR count). The van der Waals surface area contributed by atoms with Crippen molar-refractivity contribution in [2.45, 2.75) is 67.0 Å². The summed E-state index contributed by atoms with van der Waals surface area (Å²) in [5, 5.41) is 0. The van der Waals surface area contributed by atoms with E-state index in [-0.39, 0.29) is 43.0 Å². The van der Waals surface area contributed by atoms with E-state index in [1.807, 2.05) is 13.8 Å². The predicted octanol–water partition coefficient (Wildman–Crippen LogP) is 3.42. The molecule has 0 bridgehead atoms. The normalized spacial score (nSPS) is 12.8. The van der Waals surface area contributed by atoms with Gasteiger partial charge in [-0.15, -0.1) is 0 Å². The Hall–Kier alpha value is -3.14. The lowest BCUT2D eigenvalue weighted by atomic mass is 10.1. The molecule has 0 aromatic heterocycles. The van der Waals surface area contributed by atoms with Crippen LogP contribution in [0.1, 0.15) is 54.0 Å². The van der Waals surface area contributed by atoms with Crippen LogP contribution in [0.5, 0.6) is 11.5 Å². The summed E-state index contributed by atoms with van der Waals surface area (Å²) in [6.45, 7) is 12.1. The third-order valence-electron chi connectivity index (χ3n) is 4.42. The van der Waals surface area contributed by atoms with Gasteiger partial charge in [0.15, 0.2) is 11.5 Å². The number of hydrogen-bond acceptors (Lipinski definition) is 10. The van der Waals surface area contributed by atoms with Crippen LogP contribution in [0.3, 0.4) is 0 Å². The number of nitrogens with two attached hydrogens (primary N) is 1. The van der Waals surface area contributed by atoms with Crippen molar-refractivity contribution in [3.63, 3.8) is 0 Å². The molecule has 35 heavy (non-hydrogen) atoms. The first-order valence-electron chi connectivity index (χ1n) is 11.6. The Balaban J connectivity index is 2.77. The molecule has 0 fully saturated rings. The zero-order chi connectivity index (χ0) is 26.7. The SMILES string of the molecule is CC(C)COC(=O)O[C@@H](C)COC(=O)[C@@H](N)Cc1ccc(OC(=O)C(C)C)c(OC(=O)C(C)C)c1. The van der Waals surface area contributed by atoms with Gasteiger partial charge in [-0.25, -0.2) is 4.79 Å². The fourth-order valence-corrected chi connectivity index (χ4v) is 2.41. The minimum atomic E-state index is -1.03. The first-order chi connectivity index (χ1) is 16.3. The second-order valence-electron chi connectivity index (χ2n) is 9.26. The van der Waals surface area contributed by atoms with Crippen LogP contribution in [-0.4, -0.2) is 49.4 Å². The van der Waals surface area contributed by atoms with Gasteiger partial charge in [0.05, 0.1) is 18.4 Å². The zero-order valence-corrected chi connectivity index (χ0v) is 21.5. The van der Waals surface area contributed by atoms with Gasteiger partial charge in [0.1, 0.15) is 18.8 Å². The molecule has 0 amide bonds. The molecule has 10 heteroatoms. The Kier molecular flexibility index (Phi) is 12.2. The van der Waals surface area contributed by atoms with Crippen molar-refractivity contribution in [3.05, 3.63) is 23.8 Å². The lowest BCUT2D eigenvalue weighted by molar-refractivity contribution is -0.148. The molecule has 1 aromatic rings. The van der Waals surface area contributed by atoms with Crippen LogP contribution in [-0.2, 0) is 35.0 Å². The summed E-state index contributed by atoms with van der Waals surface area (Å²) in [6, 6.07) is 3.55. The number of carbonyl (C=O) groups is 4. The molecule has 0 spiro atoms. The smallest absolute Gasteiger partial charge is 0.461 e. The summed E-state index contributed by atoms with van der Waals surface area (Å²) in [5.41, 5.74) is 6.54. The van der Waals surface area contributed by atoms with Crippen molar-refractivity contribution < 1.29 is 42.9 Å². The molecule has 0 radical (unpaired) electrons. The molecule has 1 aromatic carbocycles. The molecular weight excluding hydrogens is 458 g/mol. The van der Waals surface area contributed by atoms with E-state index in [1.54, 1.807) is 40.7 Å². The maximum atomic E-state index is 12.3. The van der Waals surface area contributed by atoms with Crippen LogP contribution in [0.2, 0.25) is 0 Å². The number of rotatable bonds is 12. The van der Waals surface area contributed by atoms with Gasteiger partial charge in [-0.1, -0.05) is 47.6 Å². The Bertz CT molecular complexity index is 880. The maximum absolute atomic E-state index is 12.3. The second-order valence-corrected chi connectivity index (χ2v) is 9.26. The highest BCUT2D eigenvalue weighted by molar-refractivity contribution is 5.78. The van der Waals surface area contributed by atoms with Gasteiger partial charge in [0.25, 0.3) is 0 Å². The number of esters is 3. The van der Waals surface area contributed by atoms with Crippen molar-refractivity contribution in [2.75, 3.05) is 13.2 Å². The van der Waals surface area contributed by atoms with Crippen LogP contribution in [0, 0.1) is 17.8 Å². The molecule has 196 valence electrons. The van der Waals surface area contributed by atoms with Crippen molar-refractivity contribution >= 4 is 24.1 Å². The van der Waals surface area contributed by atoms with E-state index in [9.17, 15) is 19.2 Å². The van der Waals surface area contributed by atoms with E-state index in [0.717, 1.165) is 0 Å². The van der Waals surface area contributed by atoms with Gasteiger partial charge in [0, 0.05) is 0 Å². The molecule has 2 N–H and O–H groups in total. The summed E-state index contributed by atoms with van der Waals surface area (Å²) < 4.78 is 25.8. The van der Waals surface area contributed by atoms with Crippen LogP contribution < -0.4 is 15.2 Å². The molecule has 2 atom stereocenters. The average molecular weight is 496 g/mol. The molecule has 0 aliphatic carbocycles. The van der Waals surface area contributed by atoms with E-state index in [4.69, 9.17) is 29.4 Å². The molecule has 0 unspecified atom stereocenters. The van der Waals surface area contributed by atoms with E-state index in [1.165, 1.54) is 12.1 Å². The lowest BCUT2D eigenvalue weighted by Crippen LogP contribution is -2.36. The first-order valence-corrected chi connectivity index (χ1v) is 11.6. The van der Waals surface area contributed by atoms with E-state index in [2.05, 4.69) is 0 Å². The van der Waals surface area contributed by atoms with Gasteiger partial charge in [-0.3, -0.25) is 14.4 Å². The average Bonchev–Trinajstić information content (AvgIpc) is 2.77. The Morgan fingerprint density at radius 1 is 0.771 bits per heavy atom. The monoisotopic (exact) mass is 495 g/mol. The lowest BCUT2D eigenvalue weighted by Gasteiger charge is -2.17. The van der Waals surface area contributed by atoms with Crippen molar-refractivity contribution in [2.24, 2.45) is 23.5 Å². The van der Waals surface area contributed by atoms with E-state index in [0.29, 0.717) is 5.56 Å². The first kappa shape index (κ1) is 29.9. The predicted molar refractivity (Wildman–Crippen MR) is 127 cm³/mol. The van der Waals surface area contributed by atoms with Gasteiger partial charge in [0.2, 0.25) is 0 Å². The molecule has 0 aliphatic rings. The summed E-state index contributed by atoms with van der Waals surface area (Å²) in [7, 11) is 0. The fraction of sp³-hybridized carbons (Fsp3) is 0.600. The molecule has 10 nitrogen and oxygen atoms in total. The summed E-state index contributed by atoms with van der Waals surface area (Å²) in [5.74, 6) is -2.17. The Labute approximate surface area is 206 Å². The largest absolute Gasteiger partial charge is 0.508 e. The van der Waals surface area contributed by atoms with Crippen molar-refractivity contribution in [1.82, 2.24) is 0 Å². The fourth-order valence-electron chi connectivity index (χ4n) is 2.41. The highest BCUT2D eigenvalue weighted by Gasteiger charge is 2.22. The summed E-state index contributed by atoms with van der Waals surface area (Å²) in [4.78, 5) is 48.0. The third-order valence-corrected chi connectivity index (χ3v) is 4.42. The summed E-state index contributed by atoms with van der Waals surface area (Å²) in [6.07, 6.45) is -1.49. The van der Waals surface area contributed by atoms with Crippen molar-refractivity contribution in [1.29, 1.82) is 0 Å². The number of carbonyl (C=O) groups excluding carboxylic acids is 4. The molecule has 0 heterocycles. The minimum absolute atomic E-state index is 0.0534. The Morgan fingerprint density at radius 2 is 1.34 bits per heavy atom. The van der Waals surface area contributed by atoms with Crippen LogP contribution in [0.15, 0.2) is 18.2 Å². The zero-order valence-electron chi connectivity index (χ0n) is 21.5. The third kappa shape index (κ3) is 11.2. The van der Waals surface area contributed by atoms with Crippen LogP contribution >= 0.6 is 0 Å². The van der Waals surface area contributed by atoms with Crippen LogP contribution in [0.25, 0.3) is 0 Å². The quantitative estimate of drug-likeness (QED) is 0.339. The van der Waals surface area contributed by atoms with Crippen molar-refractivity contribution in [3.8, 4) is 11.5 Å². The number of hydrogen-bond donors (Lipinski definition) is 1.